The molecule has 2 nitrogen and oxygen atoms in total. The van der Waals surface area contributed by atoms with Crippen molar-refractivity contribution in [3.63, 3.8) is 0 Å². The fraction of sp³-hybridized carbons (Fsp3) is 0.364. The van der Waals surface area contributed by atoms with Crippen molar-refractivity contribution in [3.05, 3.63) is 36.2 Å². The zero-order chi connectivity index (χ0) is 9.10. The zero-order valence-corrected chi connectivity index (χ0v) is 7.83. The van der Waals surface area contributed by atoms with E-state index in [0.29, 0.717) is 6.04 Å². The van der Waals surface area contributed by atoms with Gasteiger partial charge in [0, 0.05) is 12.2 Å². The molecule has 0 saturated carbocycles. The average molecular weight is 174 g/mol. The van der Waals surface area contributed by atoms with Gasteiger partial charge in [-0.05, 0) is 37.6 Å². The Kier molecular flexibility index (Phi) is 2.41. The van der Waals surface area contributed by atoms with Crippen molar-refractivity contribution in [2.24, 2.45) is 0 Å². The van der Waals surface area contributed by atoms with Gasteiger partial charge in [0.15, 0.2) is 0 Å². The van der Waals surface area contributed by atoms with Crippen molar-refractivity contribution in [2.45, 2.75) is 19.4 Å². The second-order valence-electron chi connectivity index (χ2n) is 3.40. The lowest BCUT2D eigenvalue weighted by atomic mass is 10.0. The monoisotopic (exact) mass is 174 g/mol. The highest BCUT2D eigenvalue weighted by molar-refractivity contribution is 5.63. The van der Waals surface area contributed by atoms with E-state index < -0.39 is 0 Å². The van der Waals surface area contributed by atoms with Crippen LogP contribution in [-0.4, -0.2) is 17.6 Å². The number of rotatable bonds is 1. The number of nitrogens with one attached hydrogen (secondary N) is 1. The van der Waals surface area contributed by atoms with Crippen LogP contribution in [0.15, 0.2) is 30.5 Å². The summed E-state index contributed by atoms with van der Waals surface area (Å²) < 4.78 is 0. The molecule has 68 valence electrons. The second-order valence-corrected chi connectivity index (χ2v) is 3.40. The molecule has 0 aliphatic carbocycles. The van der Waals surface area contributed by atoms with Crippen LogP contribution in [0.25, 0.3) is 5.57 Å². The number of hydrogen-bond acceptors (Lipinski definition) is 2. The van der Waals surface area contributed by atoms with Crippen molar-refractivity contribution in [1.82, 2.24) is 10.3 Å². The van der Waals surface area contributed by atoms with Crippen molar-refractivity contribution in [1.29, 1.82) is 0 Å². The maximum atomic E-state index is 4.34. The van der Waals surface area contributed by atoms with E-state index in [1.165, 1.54) is 5.57 Å². The van der Waals surface area contributed by atoms with Gasteiger partial charge in [0.1, 0.15) is 0 Å². The van der Waals surface area contributed by atoms with E-state index in [1.807, 2.05) is 18.3 Å². The zero-order valence-electron chi connectivity index (χ0n) is 7.83. The molecule has 0 bridgehead atoms. The molecule has 1 aliphatic rings. The molecule has 0 saturated heterocycles. The Morgan fingerprint density at radius 2 is 2.38 bits per heavy atom. The third-order valence-electron chi connectivity index (χ3n) is 2.31. The maximum absolute atomic E-state index is 4.34. The maximum Gasteiger partial charge on any atom is 0.0659 e. The Balaban J connectivity index is 2.26. The van der Waals surface area contributed by atoms with Crippen molar-refractivity contribution >= 4 is 5.57 Å². The van der Waals surface area contributed by atoms with Crippen LogP contribution in [-0.2, 0) is 0 Å². The summed E-state index contributed by atoms with van der Waals surface area (Å²) in [4.78, 5) is 4.34. The van der Waals surface area contributed by atoms with Gasteiger partial charge in [-0.25, -0.2) is 0 Å². The van der Waals surface area contributed by atoms with Crippen LogP contribution in [0.1, 0.15) is 19.0 Å². The molecule has 0 aromatic carbocycles. The summed E-state index contributed by atoms with van der Waals surface area (Å²) in [6, 6.07) is 6.54. The molecule has 0 amide bonds. The minimum Gasteiger partial charge on any atom is -0.310 e. The van der Waals surface area contributed by atoms with Crippen LogP contribution >= 0.6 is 0 Å². The summed E-state index contributed by atoms with van der Waals surface area (Å²) in [5.41, 5.74) is 2.49. The predicted molar refractivity (Wildman–Crippen MR) is 54.3 cm³/mol. The minimum absolute atomic E-state index is 0.478. The SMILES string of the molecule is CC1C=C(c2ccccn2)CCN1. The van der Waals surface area contributed by atoms with Gasteiger partial charge in [0.25, 0.3) is 0 Å². The third-order valence-corrected chi connectivity index (χ3v) is 2.31. The first-order valence-electron chi connectivity index (χ1n) is 4.72. The lowest BCUT2D eigenvalue weighted by Gasteiger charge is -2.18. The summed E-state index contributed by atoms with van der Waals surface area (Å²) in [5, 5.41) is 3.38. The van der Waals surface area contributed by atoms with Crippen LogP contribution in [0, 0.1) is 0 Å². The molecule has 1 aliphatic heterocycles. The van der Waals surface area contributed by atoms with E-state index in [2.05, 4.69) is 29.4 Å². The Morgan fingerprint density at radius 1 is 1.46 bits per heavy atom. The fourth-order valence-corrected chi connectivity index (χ4v) is 1.64. The molecule has 2 rings (SSSR count). The highest BCUT2D eigenvalue weighted by atomic mass is 14.9. The molecule has 1 aromatic rings. The van der Waals surface area contributed by atoms with E-state index in [0.717, 1.165) is 18.7 Å². The van der Waals surface area contributed by atoms with Crippen LogP contribution in [0.5, 0.6) is 0 Å². The highest BCUT2D eigenvalue weighted by Crippen LogP contribution is 2.18. The Labute approximate surface area is 78.7 Å². The minimum atomic E-state index is 0.478. The lowest BCUT2D eigenvalue weighted by Crippen LogP contribution is -2.29. The summed E-state index contributed by atoms with van der Waals surface area (Å²) >= 11 is 0. The smallest absolute Gasteiger partial charge is 0.0659 e. The van der Waals surface area contributed by atoms with E-state index in [1.54, 1.807) is 0 Å². The van der Waals surface area contributed by atoms with Crippen LogP contribution in [0.2, 0.25) is 0 Å². The largest absolute Gasteiger partial charge is 0.310 e. The highest BCUT2D eigenvalue weighted by Gasteiger charge is 2.10. The molecule has 1 N–H and O–H groups in total. The molecule has 1 aromatic heterocycles. The Bertz CT molecular complexity index is 303. The molecular formula is C11H14N2. The van der Waals surface area contributed by atoms with E-state index in [9.17, 15) is 0 Å². The van der Waals surface area contributed by atoms with Crippen molar-refractivity contribution in [3.8, 4) is 0 Å². The second kappa shape index (κ2) is 3.71. The van der Waals surface area contributed by atoms with Gasteiger partial charge in [0.05, 0.1) is 5.69 Å². The summed E-state index contributed by atoms with van der Waals surface area (Å²) in [6.07, 6.45) is 5.19. The Hall–Kier alpha value is -1.15. The molecule has 1 atom stereocenters. The fourth-order valence-electron chi connectivity index (χ4n) is 1.64. The van der Waals surface area contributed by atoms with Gasteiger partial charge in [-0.1, -0.05) is 12.1 Å². The van der Waals surface area contributed by atoms with E-state index >= 15 is 0 Å². The van der Waals surface area contributed by atoms with E-state index in [4.69, 9.17) is 0 Å². The number of hydrogen-bond donors (Lipinski definition) is 1. The van der Waals surface area contributed by atoms with Gasteiger partial charge >= 0.3 is 0 Å². The standard InChI is InChI=1S/C11H14N2/c1-9-8-10(5-7-12-9)11-4-2-3-6-13-11/h2-4,6,8-9,12H,5,7H2,1H3. The van der Waals surface area contributed by atoms with Gasteiger partial charge in [0.2, 0.25) is 0 Å². The summed E-state index contributed by atoms with van der Waals surface area (Å²) in [6.45, 7) is 3.23. The van der Waals surface area contributed by atoms with Crippen LogP contribution < -0.4 is 5.32 Å². The Morgan fingerprint density at radius 3 is 3.08 bits per heavy atom. The summed E-state index contributed by atoms with van der Waals surface area (Å²) in [5.74, 6) is 0. The van der Waals surface area contributed by atoms with Gasteiger partial charge in [-0.15, -0.1) is 0 Å². The molecule has 0 spiro atoms. The van der Waals surface area contributed by atoms with Gasteiger partial charge < -0.3 is 5.32 Å². The number of nitrogens with zero attached hydrogens (tertiary/aromatic N) is 1. The first kappa shape index (κ1) is 8.45. The lowest BCUT2D eigenvalue weighted by molar-refractivity contribution is 0.620. The van der Waals surface area contributed by atoms with Crippen molar-refractivity contribution in [2.75, 3.05) is 6.54 Å². The number of pyridine rings is 1. The molecule has 13 heavy (non-hydrogen) atoms. The molecule has 0 radical (unpaired) electrons. The van der Waals surface area contributed by atoms with Crippen molar-refractivity contribution < 1.29 is 0 Å². The van der Waals surface area contributed by atoms with Crippen LogP contribution in [0.4, 0.5) is 0 Å². The average Bonchev–Trinajstić information content (AvgIpc) is 2.19. The molecule has 2 heteroatoms. The van der Waals surface area contributed by atoms with Crippen LogP contribution in [0.3, 0.4) is 0 Å². The van der Waals surface area contributed by atoms with Gasteiger partial charge in [-0.2, -0.15) is 0 Å². The van der Waals surface area contributed by atoms with Gasteiger partial charge in [-0.3, -0.25) is 4.98 Å². The molecule has 1 unspecified atom stereocenters. The van der Waals surface area contributed by atoms with E-state index in [-0.39, 0.29) is 0 Å². The predicted octanol–water partition coefficient (Wildman–Crippen LogP) is 1.85. The first-order valence-corrected chi connectivity index (χ1v) is 4.72. The quantitative estimate of drug-likeness (QED) is 0.702. The number of aromatic nitrogens is 1. The molecule has 0 fully saturated rings. The topological polar surface area (TPSA) is 24.9 Å². The molecular weight excluding hydrogens is 160 g/mol. The first-order chi connectivity index (χ1) is 6.36. The summed E-state index contributed by atoms with van der Waals surface area (Å²) in [7, 11) is 0. The molecule has 2 heterocycles. The normalized spacial score (nSPS) is 22.5. The third kappa shape index (κ3) is 1.95.